The Labute approximate surface area is 306 Å². The summed E-state index contributed by atoms with van der Waals surface area (Å²) >= 11 is 0. The lowest BCUT2D eigenvalue weighted by Crippen LogP contribution is -2.03. The number of aromatic nitrogens is 4. The third-order valence-electron chi connectivity index (χ3n) is 10.6. The molecule has 0 N–H and O–H groups in total. The first kappa shape index (κ1) is 29.5. The molecule has 0 atom stereocenters. The SMILES string of the molecule is c1ccc(-c2cccc(-c3nc(-c4ccccc4)nc(-c4ccccc4-n4c5cccc6c5c5c7c(cccc7ccc54)-c4ccccc4-6)n3)c2)cc1. The summed E-state index contributed by atoms with van der Waals surface area (Å²) in [6.07, 6.45) is 0. The van der Waals surface area contributed by atoms with E-state index >= 15 is 0 Å². The van der Waals surface area contributed by atoms with Crippen molar-refractivity contribution >= 4 is 32.6 Å². The monoisotopic (exact) mass is 674 g/mol. The lowest BCUT2D eigenvalue weighted by molar-refractivity contribution is 1.06. The molecule has 1 aliphatic carbocycles. The summed E-state index contributed by atoms with van der Waals surface area (Å²) in [4.78, 5) is 15.5. The molecule has 0 unspecified atom stereocenters. The molecule has 2 heterocycles. The van der Waals surface area contributed by atoms with E-state index in [-0.39, 0.29) is 0 Å². The Hall–Kier alpha value is -7.17. The lowest BCUT2D eigenvalue weighted by Gasteiger charge is -2.16. The van der Waals surface area contributed by atoms with Crippen molar-refractivity contribution in [2.24, 2.45) is 0 Å². The quantitative estimate of drug-likeness (QED) is 0.182. The van der Waals surface area contributed by atoms with Crippen LogP contribution in [0.1, 0.15) is 0 Å². The summed E-state index contributed by atoms with van der Waals surface area (Å²) in [6, 6.07) is 64.4. The Morgan fingerprint density at radius 3 is 1.60 bits per heavy atom. The Kier molecular flexibility index (Phi) is 6.52. The van der Waals surface area contributed by atoms with E-state index in [4.69, 9.17) is 15.0 Å². The Bertz CT molecular complexity index is 3050. The van der Waals surface area contributed by atoms with Gasteiger partial charge in [0.1, 0.15) is 0 Å². The normalized spacial score (nSPS) is 11.8. The van der Waals surface area contributed by atoms with Crippen molar-refractivity contribution < 1.29 is 0 Å². The van der Waals surface area contributed by atoms with E-state index in [0.717, 1.165) is 44.5 Å². The molecule has 4 nitrogen and oxygen atoms in total. The molecule has 246 valence electrons. The highest BCUT2D eigenvalue weighted by Crippen LogP contribution is 2.50. The topological polar surface area (TPSA) is 43.6 Å². The zero-order valence-electron chi connectivity index (χ0n) is 28.6. The van der Waals surface area contributed by atoms with Crippen molar-refractivity contribution in [2.75, 3.05) is 0 Å². The van der Waals surface area contributed by atoms with Crippen LogP contribution in [0.15, 0.2) is 182 Å². The third kappa shape index (κ3) is 4.59. The molecule has 2 aromatic heterocycles. The zero-order chi connectivity index (χ0) is 34.9. The van der Waals surface area contributed by atoms with Gasteiger partial charge in [-0.15, -0.1) is 0 Å². The van der Waals surface area contributed by atoms with Gasteiger partial charge in [-0.05, 0) is 74.5 Å². The molecule has 0 saturated carbocycles. The highest BCUT2D eigenvalue weighted by Gasteiger charge is 2.26. The van der Waals surface area contributed by atoms with Crippen molar-refractivity contribution in [3.8, 4) is 73.2 Å². The summed E-state index contributed by atoms with van der Waals surface area (Å²) < 4.78 is 2.41. The second-order valence-electron chi connectivity index (χ2n) is 13.6. The van der Waals surface area contributed by atoms with Gasteiger partial charge in [0.15, 0.2) is 17.5 Å². The molecule has 0 saturated heterocycles. The predicted molar refractivity (Wildman–Crippen MR) is 218 cm³/mol. The van der Waals surface area contributed by atoms with Gasteiger partial charge in [0.25, 0.3) is 0 Å². The number of benzene rings is 8. The Morgan fingerprint density at radius 2 is 0.830 bits per heavy atom. The summed E-state index contributed by atoms with van der Waals surface area (Å²) in [7, 11) is 0. The Balaban J connectivity index is 1.19. The van der Waals surface area contributed by atoms with Crippen molar-refractivity contribution in [3.05, 3.63) is 182 Å². The molecule has 0 radical (unpaired) electrons. The molecular formula is C49H30N4. The molecule has 11 rings (SSSR count). The van der Waals surface area contributed by atoms with Crippen LogP contribution in [-0.4, -0.2) is 19.5 Å². The number of hydrogen-bond donors (Lipinski definition) is 0. The minimum atomic E-state index is 0.625. The molecule has 4 heteroatoms. The second-order valence-corrected chi connectivity index (χ2v) is 13.6. The van der Waals surface area contributed by atoms with Gasteiger partial charge in [0.05, 0.1) is 16.7 Å². The summed E-state index contributed by atoms with van der Waals surface area (Å²) in [5, 5.41) is 5.06. The fraction of sp³-hybridized carbons (Fsp3) is 0. The summed E-state index contributed by atoms with van der Waals surface area (Å²) in [5.74, 6) is 1.89. The molecule has 0 aliphatic heterocycles. The number of nitrogens with zero attached hydrogens (tertiary/aromatic N) is 4. The van der Waals surface area contributed by atoms with Crippen molar-refractivity contribution in [3.63, 3.8) is 0 Å². The van der Waals surface area contributed by atoms with E-state index in [0.29, 0.717) is 17.5 Å². The van der Waals surface area contributed by atoms with E-state index in [1.165, 1.54) is 43.8 Å². The van der Waals surface area contributed by atoms with Gasteiger partial charge in [0.2, 0.25) is 0 Å². The first-order chi connectivity index (χ1) is 26.3. The summed E-state index contributed by atoms with van der Waals surface area (Å²) in [6.45, 7) is 0. The van der Waals surface area contributed by atoms with Crippen LogP contribution in [0, 0.1) is 0 Å². The Morgan fingerprint density at radius 1 is 0.302 bits per heavy atom. The van der Waals surface area contributed by atoms with Crippen LogP contribution in [0.3, 0.4) is 0 Å². The fourth-order valence-electron chi connectivity index (χ4n) is 8.26. The highest BCUT2D eigenvalue weighted by atomic mass is 15.1. The first-order valence-electron chi connectivity index (χ1n) is 18.0. The number of hydrogen-bond acceptors (Lipinski definition) is 3. The van der Waals surface area contributed by atoms with Gasteiger partial charge < -0.3 is 4.57 Å². The van der Waals surface area contributed by atoms with Gasteiger partial charge in [0, 0.05) is 27.5 Å². The van der Waals surface area contributed by atoms with Crippen molar-refractivity contribution in [2.45, 2.75) is 0 Å². The van der Waals surface area contributed by atoms with E-state index in [1.807, 2.05) is 24.3 Å². The van der Waals surface area contributed by atoms with Gasteiger partial charge in [-0.1, -0.05) is 152 Å². The first-order valence-corrected chi connectivity index (χ1v) is 18.0. The van der Waals surface area contributed by atoms with Gasteiger partial charge in [-0.25, -0.2) is 15.0 Å². The van der Waals surface area contributed by atoms with Gasteiger partial charge in [-0.2, -0.15) is 0 Å². The van der Waals surface area contributed by atoms with Crippen LogP contribution in [0.4, 0.5) is 0 Å². The van der Waals surface area contributed by atoms with Crippen LogP contribution in [0.5, 0.6) is 0 Å². The minimum absolute atomic E-state index is 0.625. The maximum Gasteiger partial charge on any atom is 0.166 e. The number of rotatable bonds is 5. The van der Waals surface area contributed by atoms with Crippen molar-refractivity contribution in [1.82, 2.24) is 19.5 Å². The minimum Gasteiger partial charge on any atom is -0.308 e. The molecule has 53 heavy (non-hydrogen) atoms. The molecule has 0 spiro atoms. The predicted octanol–water partition coefficient (Wildman–Crippen LogP) is 12.4. The molecule has 0 amide bonds. The van der Waals surface area contributed by atoms with Crippen LogP contribution in [-0.2, 0) is 0 Å². The molecule has 8 aromatic carbocycles. The third-order valence-corrected chi connectivity index (χ3v) is 10.6. The standard InChI is InChI=1S/C49H30N4/c1-3-14-31(15-4-1)34-19-11-20-35(30-34)48-50-47(33-16-5-2-6-17-33)51-49(52-48)40-23-9-10-26-41(40)53-42-27-13-25-39-37-22-8-7-21-36(37)38-24-12-18-32-28-29-43(53)46(44(32)38)45(39)42/h1-30H. The van der Waals surface area contributed by atoms with E-state index < -0.39 is 0 Å². The average Bonchev–Trinajstić information content (AvgIpc) is 3.52. The zero-order valence-corrected chi connectivity index (χ0v) is 28.6. The maximum absolute atomic E-state index is 5.25. The second kappa shape index (κ2) is 11.7. The maximum atomic E-state index is 5.25. The largest absolute Gasteiger partial charge is 0.308 e. The molecule has 0 bridgehead atoms. The smallest absolute Gasteiger partial charge is 0.166 e. The van der Waals surface area contributed by atoms with Crippen LogP contribution in [0.2, 0.25) is 0 Å². The molecule has 0 fully saturated rings. The van der Waals surface area contributed by atoms with E-state index in [1.54, 1.807) is 0 Å². The molecule has 10 aromatic rings. The lowest BCUT2D eigenvalue weighted by atomic mass is 9.93. The summed E-state index contributed by atoms with van der Waals surface area (Å²) in [5.41, 5.74) is 13.4. The van der Waals surface area contributed by atoms with E-state index in [2.05, 4.69) is 162 Å². The average molecular weight is 675 g/mol. The van der Waals surface area contributed by atoms with Gasteiger partial charge in [-0.3, -0.25) is 0 Å². The number of fused-ring (bicyclic) bond motifs is 3. The highest BCUT2D eigenvalue weighted by molar-refractivity contribution is 6.30. The molecular weight excluding hydrogens is 645 g/mol. The van der Waals surface area contributed by atoms with Crippen LogP contribution < -0.4 is 0 Å². The van der Waals surface area contributed by atoms with E-state index in [9.17, 15) is 0 Å². The van der Waals surface area contributed by atoms with Crippen LogP contribution >= 0.6 is 0 Å². The molecule has 1 aliphatic rings. The number of para-hydroxylation sites is 1. The fourth-order valence-corrected chi connectivity index (χ4v) is 8.26. The van der Waals surface area contributed by atoms with Crippen molar-refractivity contribution in [1.29, 1.82) is 0 Å². The van der Waals surface area contributed by atoms with Gasteiger partial charge >= 0.3 is 0 Å². The van der Waals surface area contributed by atoms with Crippen LogP contribution in [0.25, 0.3) is 106 Å².